The number of hydrogen-bond donors (Lipinski definition) is 2. The first-order chi connectivity index (χ1) is 9.66. The number of aromatic carboxylic acids is 1. The second-order valence-electron chi connectivity index (χ2n) is 4.97. The molecule has 2 aliphatic rings. The van der Waals surface area contributed by atoms with Crippen molar-refractivity contribution in [1.82, 2.24) is 5.32 Å². The van der Waals surface area contributed by atoms with Crippen LogP contribution in [0.1, 0.15) is 15.9 Å². The molecule has 2 heterocycles. The van der Waals surface area contributed by atoms with Gasteiger partial charge < -0.3 is 15.3 Å². The van der Waals surface area contributed by atoms with Crippen molar-refractivity contribution in [2.75, 3.05) is 29.5 Å². The van der Waals surface area contributed by atoms with Gasteiger partial charge in [0.1, 0.15) is 0 Å². The lowest BCUT2D eigenvalue weighted by molar-refractivity contribution is -0.120. The topological polar surface area (TPSA) is 69.6 Å². The Morgan fingerprint density at radius 1 is 1.40 bits per heavy atom. The molecule has 0 saturated carbocycles. The van der Waals surface area contributed by atoms with Crippen molar-refractivity contribution in [3.8, 4) is 0 Å². The standard InChI is InChI=1S/C14H16N2O3S/c17-13(11-8-20-6-4-15-11)16-5-3-9-7-10(14(18)19)1-2-12(9)16/h1-2,7,11,15H,3-6,8H2,(H,18,19). The Morgan fingerprint density at radius 3 is 2.95 bits per heavy atom. The van der Waals surface area contributed by atoms with E-state index in [0.717, 1.165) is 35.7 Å². The Bertz CT molecular complexity index is 555. The van der Waals surface area contributed by atoms with Crippen molar-refractivity contribution in [3.05, 3.63) is 29.3 Å². The monoisotopic (exact) mass is 292 g/mol. The van der Waals surface area contributed by atoms with E-state index in [9.17, 15) is 9.59 Å². The number of amides is 1. The van der Waals surface area contributed by atoms with E-state index < -0.39 is 5.97 Å². The van der Waals surface area contributed by atoms with Crippen LogP contribution >= 0.6 is 11.8 Å². The molecule has 0 radical (unpaired) electrons. The van der Waals surface area contributed by atoms with Crippen LogP contribution in [0, 0.1) is 0 Å². The number of thioether (sulfide) groups is 1. The average Bonchev–Trinajstić information content (AvgIpc) is 2.90. The molecule has 1 aromatic carbocycles. The van der Waals surface area contributed by atoms with E-state index in [1.807, 2.05) is 0 Å². The van der Waals surface area contributed by atoms with E-state index in [-0.39, 0.29) is 17.5 Å². The number of anilines is 1. The minimum Gasteiger partial charge on any atom is -0.478 e. The smallest absolute Gasteiger partial charge is 0.335 e. The third-order valence-corrected chi connectivity index (χ3v) is 4.77. The number of carboxylic acids is 1. The number of fused-ring (bicyclic) bond motifs is 1. The molecule has 1 amide bonds. The zero-order chi connectivity index (χ0) is 14.1. The van der Waals surface area contributed by atoms with Crippen molar-refractivity contribution in [1.29, 1.82) is 0 Å². The summed E-state index contributed by atoms with van der Waals surface area (Å²) in [5.74, 6) is 1.02. The molecule has 6 heteroatoms. The first-order valence-electron chi connectivity index (χ1n) is 6.65. The summed E-state index contributed by atoms with van der Waals surface area (Å²) >= 11 is 1.79. The van der Waals surface area contributed by atoms with Gasteiger partial charge in [-0.2, -0.15) is 11.8 Å². The third kappa shape index (κ3) is 2.41. The van der Waals surface area contributed by atoms with Crippen molar-refractivity contribution in [3.63, 3.8) is 0 Å². The zero-order valence-electron chi connectivity index (χ0n) is 11.0. The summed E-state index contributed by atoms with van der Waals surface area (Å²) in [4.78, 5) is 25.3. The molecule has 5 nitrogen and oxygen atoms in total. The summed E-state index contributed by atoms with van der Waals surface area (Å²) in [5.41, 5.74) is 2.09. The molecule has 2 N–H and O–H groups in total. The van der Waals surface area contributed by atoms with Gasteiger partial charge in [0.05, 0.1) is 11.6 Å². The number of nitrogens with zero attached hydrogens (tertiary/aromatic N) is 1. The van der Waals surface area contributed by atoms with Gasteiger partial charge in [-0.15, -0.1) is 0 Å². The Kier molecular flexibility index (Phi) is 3.67. The van der Waals surface area contributed by atoms with Crippen LogP contribution in [-0.2, 0) is 11.2 Å². The summed E-state index contributed by atoms with van der Waals surface area (Å²) in [6, 6.07) is 4.86. The highest BCUT2D eigenvalue weighted by molar-refractivity contribution is 7.99. The molecule has 1 atom stereocenters. The van der Waals surface area contributed by atoms with E-state index >= 15 is 0 Å². The zero-order valence-corrected chi connectivity index (χ0v) is 11.8. The van der Waals surface area contributed by atoms with Gasteiger partial charge in [-0.25, -0.2) is 4.79 Å². The van der Waals surface area contributed by atoms with Crippen LogP contribution in [0.2, 0.25) is 0 Å². The van der Waals surface area contributed by atoms with E-state index in [1.54, 1.807) is 34.9 Å². The molecule has 1 aromatic rings. The number of carbonyl (C=O) groups is 2. The Balaban J connectivity index is 1.81. The highest BCUT2D eigenvalue weighted by Gasteiger charge is 2.31. The molecule has 0 bridgehead atoms. The maximum atomic E-state index is 12.5. The number of rotatable bonds is 2. The first kappa shape index (κ1) is 13.5. The number of carboxylic acid groups (broad SMARTS) is 1. The minimum atomic E-state index is -0.928. The van der Waals surface area contributed by atoms with Crippen LogP contribution in [0.25, 0.3) is 0 Å². The lowest BCUT2D eigenvalue weighted by atomic mass is 10.1. The molecule has 20 heavy (non-hydrogen) atoms. The van der Waals surface area contributed by atoms with Gasteiger partial charge >= 0.3 is 5.97 Å². The second-order valence-corrected chi connectivity index (χ2v) is 6.12. The van der Waals surface area contributed by atoms with Crippen LogP contribution in [-0.4, -0.2) is 47.6 Å². The first-order valence-corrected chi connectivity index (χ1v) is 7.81. The SMILES string of the molecule is O=C(O)c1ccc2c(c1)CCN2C(=O)C1CSCCN1. The highest BCUT2D eigenvalue weighted by Crippen LogP contribution is 2.30. The molecule has 3 rings (SSSR count). The molecular weight excluding hydrogens is 276 g/mol. The summed E-state index contributed by atoms with van der Waals surface area (Å²) in [5, 5.41) is 12.3. The van der Waals surface area contributed by atoms with Crippen molar-refractivity contribution < 1.29 is 14.7 Å². The van der Waals surface area contributed by atoms with Crippen LogP contribution in [0.3, 0.4) is 0 Å². The molecule has 1 saturated heterocycles. The Morgan fingerprint density at radius 2 is 2.25 bits per heavy atom. The normalized spacial score (nSPS) is 21.6. The fraction of sp³-hybridized carbons (Fsp3) is 0.429. The molecular formula is C14H16N2O3S. The van der Waals surface area contributed by atoms with E-state index in [2.05, 4.69) is 5.32 Å². The van der Waals surface area contributed by atoms with Gasteiger partial charge in [-0.1, -0.05) is 0 Å². The molecule has 0 aliphatic carbocycles. The van der Waals surface area contributed by atoms with Crippen molar-refractivity contribution >= 4 is 29.3 Å². The van der Waals surface area contributed by atoms with Crippen LogP contribution in [0.4, 0.5) is 5.69 Å². The van der Waals surface area contributed by atoms with Crippen LogP contribution < -0.4 is 10.2 Å². The molecule has 0 aromatic heterocycles. The quantitative estimate of drug-likeness (QED) is 0.850. The fourth-order valence-corrected chi connectivity index (χ4v) is 3.60. The molecule has 2 aliphatic heterocycles. The predicted molar refractivity (Wildman–Crippen MR) is 78.6 cm³/mol. The fourth-order valence-electron chi connectivity index (χ4n) is 2.68. The van der Waals surface area contributed by atoms with Gasteiger partial charge in [-0.3, -0.25) is 4.79 Å². The molecule has 0 spiro atoms. The summed E-state index contributed by atoms with van der Waals surface area (Å²) in [6.07, 6.45) is 0.724. The maximum absolute atomic E-state index is 12.5. The lowest BCUT2D eigenvalue weighted by Crippen LogP contribution is -2.50. The lowest BCUT2D eigenvalue weighted by Gasteiger charge is -2.27. The van der Waals surface area contributed by atoms with E-state index in [1.165, 1.54) is 0 Å². The Labute approximate surface area is 121 Å². The molecule has 106 valence electrons. The minimum absolute atomic E-state index is 0.0963. The number of benzene rings is 1. The molecule has 1 fully saturated rings. The number of hydrogen-bond acceptors (Lipinski definition) is 4. The number of carbonyl (C=O) groups excluding carboxylic acids is 1. The van der Waals surface area contributed by atoms with Gasteiger partial charge in [0.25, 0.3) is 0 Å². The van der Waals surface area contributed by atoms with Gasteiger partial charge in [0.15, 0.2) is 0 Å². The summed E-state index contributed by atoms with van der Waals surface area (Å²) in [6.45, 7) is 1.50. The molecule has 1 unspecified atom stereocenters. The van der Waals surface area contributed by atoms with E-state index in [4.69, 9.17) is 5.11 Å². The van der Waals surface area contributed by atoms with Crippen molar-refractivity contribution in [2.24, 2.45) is 0 Å². The second kappa shape index (κ2) is 5.46. The highest BCUT2D eigenvalue weighted by atomic mass is 32.2. The average molecular weight is 292 g/mol. The largest absolute Gasteiger partial charge is 0.478 e. The maximum Gasteiger partial charge on any atom is 0.335 e. The third-order valence-electron chi connectivity index (χ3n) is 3.71. The summed E-state index contributed by atoms with van der Waals surface area (Å²) in [7, 11) is 0. The van der Waals surface area contributed by atoms with Gasteiger partial charge in [0.2, 0.25) is 5.91 Å². The van der Waals surface area contributed by atoms with Gasteiger partial charge in [0, 0.05) is 30.3 Å². The van der Waals surface area contributed by atoms with Gasteiger partial charge in [-0.05, 0) is 30.2 Å². The van der Waals surface area contributed by atoms with Crippen molar-refractivity contribution in [2.45, 2.75) is 12.5 Å². The van der Waals surface area contributed by atoms with Crippen LogP contribution in [0.15, 0.2) is 18.2 Å². The predicted octanol–water partition coefficient (Wildman–Crippen LogP) is 0.979. The van der Waals surface area contributed by atoms with Crippen LogP contribution in [0.5, 0.6) is 0 Å². The Hall–Kier alpha value is -1.53. The van der Waals surface area contributed by atoms with E-state index in [0.29, 0.717) is 6.54 Å². The number of nitrogens with one attached hydrogen (secondary N) is 1. The summed E-state index contributed by atoms with van der Waals surface area (Å²) < 4.78 is 0.